The zero-order valence-electron chi connectivity index (χ0n) is 54.9. The lowest BCUT2D eigenvalue weighted by molar-refractivity contribution is -0.145. The number of ether oxygens (including phenoxy) is 4. The van der Waals surface area contributed by atoms with Crippen LogP contribution in [0.2, 0.25) is 0 Å². The molecule has 98 heavy (non-hydrogen) atoms. The van der Waals surface area contributed by atoms with Crippen LogP contribution < -0.4 is 31.9 Å². The number of aryl methyl sites for hydroxylation is 3. The molecule has 35 nitrogen and oxygen atoms in total. The minimum Gasteiger partial charge on any atom is -0.508 e. The second kappa shape index (κ2) is 43.1. The molecule has 1 saturated heterocycles. The summed E-state index contributed by atoms with van der Waals surface area (Å²) in [6.45, 7) is 7.75. The highest BCUT2D eigenvalue weighted by Crippen LogP contribution is 2.38. The predicted molar refractivity (Wildman–Crippen MR) is 348 cm³/mol. The van der Waals surface area contributed by atoms with Crippen LogP contribution in [0, 0.1) is 6.92 Å². The van der Waals surface area contributed by atoms with E-state index in [2.05, 4.69) is 52.4 Å². The number of aromatic hydroxyl groups is 2. The number of nitrogens with zero attached hydrogens (tertiary/aromatic N) is 9. The van der Waals surface area contributed by atoms with Crippen LogP contribution in [-0.2, 0) is 90.1 Å². The van der Waals surface area contributed by atoms with E-state index in [1.54, 1.807) is 47.0 Å². The molecule has 1 fully saturated rings. The standard InChI is InChI=1S/C62H89N15O20S/c1-43-69-71-61(98-43)68-52(82)8-5-6-46-36-77(72-70-46)21-4-3-7-49(65-54(84)35-51(60(92)93)67-55(85)34-50(59(90)91)66-53(83)17-18-62(2,44-9-13-47(80)14-10-44)45-11-15-48(81)16-12-45)58(89)64-20-31-95-33-32-94-30-19-63-56(86)37-73-22-23-74(38-57(87)88)25-27-76(40-97-42-79)29-28-75(26-24-73)39-96-41-78/h9-16,36,41-42,49-51,80-81H,3-8,17-35,37-40H2,1-2H3,(H,63,86)(H,64,89)(H,65,84)(H,66,83)(H,67,85)(H,87,88)(H,90,91)(H,92,93)(H,68,71,82)/t49-,50-,51-/m0/s1. The second-order valence-corrected chi connectivity index (χ2v) is 24.4. The summed E-state index contributed by atoms with van der Waals surface area (Å²) in [4.78, 5) is 145. The molecule has 36 heteroatoms. The van der Waals surface area contributed by atoms with Crippen LogP contribution in [0.1, 0.15) is 86.5 Å². The number of aliphatic carboxylic acids is 3. The van der Waals surface area contributed by atoms with E-state index in [0.717, 1.165) is 0 Å². The van der Waals surface area contributed by atoms with E-state index < -0.39 is 77.9 Å². The van der Waals surface area contributed by atoms with E-state index in [0.29, 0.717) is 124 Å². The van der Waals surface area contributed by atoms with Gasteiger partial charge in [-0.2, -0.15) is 0 Å². The van der Waals surface area contributed by atoms with Crippen molar-refractivity contribution in [2.45, 2.75) is 108 Å². The monoisotopic (exact) mass is 1400 g/mol. The fraction of sp³-hybridized carbons (Fsp3) is 0.565. The van der Waals surface area contributed by atoms with Crippen molar-refractivity contribution in [3.8, 4) is 11.5 Å². The normalized spacial score (nSPS) is 14.6. The van der Waals surface area contributed by atoms with Gasteiger partial charge in [-0.05, 0) is 80.8 Å². The molecule has 5 rings (SSSR count). The first-order chi connectivity index (χ1) is 47.0. The van der Waals surface area contributed by atoms with Crippen molar-refractivity contribution in [1.29, 1.82) is 0 Å². The highest BCUT2D eigenvalue weighted by atomic mass is 32.1. The molecular weight excluding hydrogens is 1310 g/mol. The number of anilines is 1. The molecule has 0 aliphatic carbocycles. The molecule has 11 N–H and O–H groups in total. The van der Waals surface area contributed by atoms with Crippen molar-refractivity contribution in [3.05, 3.63) is 76.6 Å². The summed E-state index contributed by atoms with van der Waals surface area (Å²) >= 11 is 1.26. The van der Waals surface area contributed by atoms with E-state index in [1.165, 1.54) is 35.6 Å². The Morgan fingerprint density at radius 1 is 0.592 bits per heavy atom. The van der Waals surface area contributed by atoms with Gasteiger partial charge in [-0.15, -0.1) is 15.3 Å². The Bertz CT molecular complexity index is 3150. The van der Waals surface area contributed by atoms with Gasteiger partial charge in [0.15, 0.2) is 0 Å². The molecule has 0 unspecified atom stereocenters. The van der Waals surface area contributed by atoms with Gasteiger partial charge in [0, 0.05) is 96.4 Å². The van der Waals surface area contributed by atoms with E-state index >= 15 is 0 Å². The number of hydrogen-bond donors (Lipinski definition) is 11. The van der Waals surface area contributed by atoms with Gasteiger partial charge < -0.3 is 76.4 Å². The molecule has 2 aromatic carbocycles. The van der Waals surface area contributed by atoms with E-state index in [-0.39, 0.29) is 115 Å². The molecule has 4 aromatic rings. The zero-order chi connectivity index (χ0) is 71.2. The van der Waals surface area contributed by atoms with Crippen molar-refractivity contribution in [1.82, 2.24) is 71.4 Å². The number of benzene rings is 2. The molecule has 538 valence electrons. The first-order valence-electron chi connectivity index (χ1n) is 31.9. The number of carbonyl (C=O) groups is 11. The van der Waals surface area contributed by atoms with Crippen molar-refractivity contribution < 1.29 is 97.2 Å². The van der Waals surface area contributed by atoms with Gasteiger partial charge in [-0.3, -0.25) is 67.4 Å². The average Bonchev–Trinajstić information content (AvgIpc) is 0.914. The van der Waals surface area contributed by atoms with Gasteiger partial charge in [-0.25, -0.2) is 9.59 Å². The minimum absolute atomic E-state index is 0.00397. The minimum atomic E-state index is -1.90. The number of rotatable bonds is 44. The molecule has 3 heterocycles. The first-order valence-corrected chi connectivity index (χ1v) is 32.7. The fourth-order valence-corrected chi connectivity index (χ4v) is 10.9. The molecule has 3 atom stereocenters. The Labute approximate surface area is 569 Å². The summed E-state index contributed by atoms with van der Waals surface area (Å²) in [5.74, 6) is -8.28. The van der Waals surface area contributed by atoms with Crippen LogP contribution in [0.5, 0.6) is 11.5 Å². The fourth-order valence-electron chi connectivity index (χ4n) is 10.3. The maximum Gasteiger partial charge on any atom is 0.326 e. The quantitative estimate of drug-likeness (QED) is 0.0187. The lowest BCUT2D eigenvalue weighted by atomic mass is 9.73. The molecule has 0 saturated carbocycles. The van der Waals surface area contributed by atoms with Crippen LogP contribution >= 0.6 is 11.3 Å². The summed E-state index contributed by atoms with van der Waals surface area (Å²) in [5, 5.41) is 82.0. The Morgan fingerprint density at radius 2 is 1.10 bits per heavy atom. The lowest BCUT2D eigenvalue weighted by Crippen LogP contribution is -2.51. The number of carboxylic acids is 3. The molecule has 0 spiro atoms. The summed E-state index contributed by atoms with van der Waals surface area (Å²) in [7, 11) is 0. The van der Waals surface area contributed by atoms with E-state index in [9.17, 15) is 78.3 Å². The van der Waals surface area contributed by atoms with Gasteiger partial charge in [0.2, 0.25) is 40.6 Å². The van der Waals surface area contributed by atoms with Crippen LogP contribution in [0.25, 0.3) is 0 Å². The summed E-state index contributed by atoms with van der Waals surface area (Å²) in [5.41, 5.74) is 1.16. The van der Waals surface area contributed by atoms with Gasteiger partial charge in [0.25, 0.3) is 12.9 Å². The van der Waals surface area contributed by atoms with Crippen LogP contribution in [0.4, 0.5) is 5.13 Å². The number of carbonyl (C=O) groups excluding carboxylic acids is 8. The smallest absolute Gasteiger partial charge is 0.326 e. The third kappa shape index (κ3) is 30.4. The Morgan fingerprint density at radius 3 is 1.61 bits per heavy atom. The number of carboxylic acid groups (broad SMARTS) is 3. The number of amides is 6. The maximum atomic E-state index is 13.7. The molecule has 0 radical (unpaired) electrons. The van der Waals surface area contributed by atoms with Crippen LogP contribution in [0.15, 0.2) is 54.7 Å². The summed E-state index contributed by atoms with van der Waals surface area (Å²) in [6.07, 6.45) is 1.79. The van der Waals surface area contributed by atoms with Gasteiger partial charge in [0.1, 0.15) is 48.1 Å². The Balaban J connectivity index is 1.09. The zero-order valence-corrected chi connectivity index (χ0v) is 55.7. The number of phenolic OH excluding ortho intramolecular Hbond substituents is 2. The summed E-state index contributed by atoms with van der Waals surface area (Å²) in [6, 6.07) is 7.61. The number of unbranched alkanes of at least 4 members (excludes halogenated alkanes) is 1. The number of phenols is 2. The van der Waals surface area contributed by atoms with Gasteiger partial charge >= 0.3 is 17.9 Å². The van der Waals surface area contributed by atoms with Crippen molar-refractivity contribution in [2.75, 3.05) is 124 Å². The molecule has 2 aromatic heterocycles. The van der Waals surface area contributed by atoms with Crippen molar-refractivity contribution in [2.24, 2.45) is 0 Å². The third-order valence-corrected chi connectivity index (χ3v) is 16.4. The van der Waals surface area contributed by atoms with Crippen LogP contribution in [0.3, 0.4) is 0 Å². The summed E-state index contributed by atoms with van der Waals surface area (Å²) < 4.78 is 22.8. The topological polar surface area (TPSA) is 467 Å². The van der Waals surface area contributed by atoms with Crippen molar-refractivity contribution >= 4 is 82.8 Å². The highest BCUT2D eigenvalue weighted by molar-refractivity contribution is 7.15. The Kier molecular flexibility index (Phi) is 34.9. The number of hydrogen-bond acceptors (Lipinski definition) is 26. The largest absolute Gasteiger partial charge is 0.508 e. The van der Waals surface area contributed by atoms with E-state index in [4.69, 9.17) is 18.9 Å². The van der Waals surface area contributed by atoms with Crippen molar-refractivity contribution in [3.63, 3.8) is 0 Å². The number of aromatic nitrogens is 5. The Hall–Kier alpha value is -9.33. The molecule has 1 aliphatic heterocycles. The second-order valence-electron chi connectivity index (χ2n) is 23.2. The molecule has 1 aliphatic rings. The highest BCUT2D eigenvalue weighted by Gasteiger charge is 2.33. The van der Waals surface area contributed by atoms with Gasteiger partial charge in [-0.1, -0.05) is 47.7 Å². The molecule has 6 amide bonds. The maximum absolute atomic E-state index is 13.7. The predicted octanol–water partition coefficient (Wildman–Crippen LogP) is -0.996. The molecular formula is C62H89N15O20S. The number of nitrogens with one attached hydrogen (secondary N) is 6. The first kappa shape index (κ1) is 79.4. The molecule has 0 bridgehead atoms. The average molecular weight is 1400 g/mol. The third-order valence-electron chi connectivity index (χ3n) is 15.7. The van der Waals surface area contributed by atoms with Gasteiger partial charge in [0.05, 0.1) is 58.1 Å². The van der Waals surface area contributed by atoms with E-state index in [1.807, 2.05) is 21.6 Å². The SMILES string of the molecule is Cc1nnc(NC(=O)CCCc2cn(CCCC[C@H](NC(=O)C[C@H](NC(=O)C[C@H](NC(=O)CCC(C)(c3ccc(O)cc3)c3ccc(O)cc3)C(=O)O)C(=O)O)C(=O)NCCOCCOCCNC(=O)CN3CCN(COC=O)CCN(COC=O)CCN(CC(=O)O)CC3)nn2)s1. The lowest BCUT2D eigenvalue weighted by Gasteiger charge is -2.33. The van der Waals surface area contributed by atoms with Crippen LogP contribution in [-0.4, -0.2) is 273 Å².